The quantitative estimate of drug-likeness (QED) is 0.570. The highest BCUT2D eigenvalue weighted by molar-refractivity contribution is 5.99. The van der Waals surface area contributed by atoms with Crippen molar-refractivity contribution in [2.45, 2.75) is 32.5 Å². The average Bonchev–Trinajstić information content (AvgIpc) is 2.73. The molecule has 4 heteroatoms. The van der Waals surface area contributed by atoms with Gasteiger partial charge in [0.2, 0.25) is 0 Å². The molecule has 1 aliphatic rings. The molecule has 3 nitrogen and oxygen atoms in total. The number of Topliss-reactive ketones (excluding diaryl/α,β-unsaturated/α-hetero) is 1. The van der Waals surface area contributed by atoms with Crippen molar-refractivity contribution >= 4 is 5.78 Å². The number of hydrogen-bond acceptors (Lipinski definition) is 3. The van der Waals surface area contributed by atoms with Crippen LogP contribution >= 0.6 is 0 Å². The Bertz CT molecular complexity index is 968. The van der Waals surface area contributed by atoms with Crippen LogP contribution in [0.25, 0.3) is 0 Å². The van der Waals surface area contributed by atoms with Gasteiger partial charge in [0.1, 0.15) is 19.0 Å². The van der Waals surface area contributed by atoms with Gasteiger partial charge in [-0.2, -0.15) is 0 Å². The van der Waals surface area contributed by atoms with Crippen LogP contribution in [0.2, 0.25) is 0 Å². The minimum atomic E-state index is -0.533. The van der Waals surface area contributed by atoms with Gasteiger partial charge in [-0.1, -0.05) is 60.7 Å². The smallest absolute Gasteiger partial charge is 0.166 e. The van der Waals surface area contributed by atoms with Gasteiger partial charge < -0.3 is 9.47 Å². The van der Waals surface area contributed by atoms with Crippen molar-refractivity contribution in [2.24, 2.45) is 0 Å². The molecule has 0 saturated heterocycles. The maximum Gasteiger partial charge on any atom is 0.166 e. The predicted molar refractivity (Wildman–Crippen MR) is 105 cm³/mol. The Morgan fingerprint density at radius 1 is 0.821 bits per heavy atom. The molecule has 0 fully saturated rings. The average molecular weight is 376 g/mol. The Morgan fingerprint density at radius 3 is 2.07 bits per heavy atom. The van der Waals surface area contributed by atoms with Crippen LogP contribution < -0.4 is 9.47 Å². The van der Waals surface area contributed by atoms with Gasteiger partial charge in [-0.25, -0.2) is 4.39 Å². The van der Waals surface area contributed by atoms with Gasteiger partial charge in [-0.3, -0.25) is 4.79 Å². The first-order valence-corrected chi connectivity index (χ1v) is 9.44. The Hall–Kier alpha value is -3.14. The highest BCUT2D eigenvalue weighted by Gasteiger charge is 2.28. The van der Waals surface area contributed by atoms with Crippen LogP contribution in [0.4, 0.5) is 4.39 Å². The Labute approximate surface area is 163 Å². The van der Waals surface area contributed by atoms with Crippen LogP contribution in [-0.2, 0) is 19.6 Å². The number of rotatable bonds is 6. The van der Waals surface area contributed by atoms with Gasteiger partial charge in [0.25, 0.3) is 0 Å². The van der Waals surface area contributed by atoms with Crippen LogP contribution in [0, 0.1) is 5.82 Å². The van der Waals surface area contributed by atoms with Crippen molar-refractivity contribution in [3.8, 4) is 11.5 Å². The molecule has 0 saturated carbocycles. The molecule has 0 bridgehead atoms. The number of carbonyl (C=O) groups is 1. The summed E-state index contributed by atoms with van der Waals surface area (Å²) < 4.78 is 26.7. The van der Waals surface area contributed by atoms with Crippen molar-refractivity contribution < 1.29 is 18.7 Å². The fraction of sp³-hybridized carbons (Fsp3) is 0.208. The van der Waals surface area contributed by atoms with Crippen molar-refractivity contribution in [1.29, 1.82) is 0 Å². The lowest BCUT2D eigenvalue weighted by Gasteiger charge is -2.22. The number of ketones is 1. The van der Waals surface area contributed by atoms with Gasteiger partial charge in [0.05, 0.1) is 5.56 Å². The minimum Gasteiger partial charge on any atom is -0.485 e. The standard InChI is InChI=1S/C24H21FO3/c25-20-14-22(27-15-17-8-3-1-4-9-17)24(19-12-7-13-21(26)23(19)20)28-16-18-10-5-2-6-11-18/h1-6,8-11,14H,7,12-13,15-16H2. The largest absolute Gasteiger partial charge is 0.485 e. The number of halogens is 1. The number of benzene rings is 3. The fourth-order valence-corrected chi connectivity index (χ4v) is 3.48. The van der Waals surface area contributed by atoms with Crippen LogP contribution in [0.15, 0.2) is 66.7 Å². The topological polar surface area (TPSA) is 35.5 Å². The zero-order chi connectivity index (χ0) is 19.3. The molecule has 142 valence electrons. The lowest BCUT2D eigenvalue weighted by molar-refractivity contribution is 0.0966. The van der Waals surface area contributed by atoms with Gasteiger partial charge >= 0.3 is 0 Å². The Morgan fingerprint density at radius 2 is 1.43 bits per heavy atom. The summed E-state index contributed by atoms with van der Waals surface area (Å²) in [5, 5.41) is 0. The molecule has 0 amide bonds. The highest BCUT2D eigenvalue weighted by Crippen LogP contribution is 2.40. The molecule has 28 heavy (non-hydrogen) atoms. The molecule has 0 N–H and O–H groups in total. The Balaban J connectivity index is 1.67. The predicted octanol–water partition coefficient (Wildman–Crippen LogP) is 5.50. The third kappa shape index (κ3) is 3.91. The number of hydrogen-bond donors (Lipinski definition) is 0. The molecule has 3 aromatic rings. The first-order valence-electron chi connectivity index (χ1n) is 9.44. The van der Waals surface area contributed by atoms with Crippen molar-refractivity contribution in [3.63, 3.8) is 0 Å². The van der Waals surface area contributed by atoms with E-state index >= 15 is 0 Å². The van der Waals surface area contributed by atoms with Crippen LogP contribution in [0.5, 0.6) is 11.5 Å². The van der Waals surface area contributed by atoms with E-state index in [0.29, 0.717) is 49.5 Å². The normalized spacial score (nSPS) is 13.1. The van der Waals surface area contributed by atoms with Crippen molar-refractivity contribution in [3.05, 3.63) is 94.8 Å². The molecule has 0 aliphatic heterocycles. The van der Waals surface area contributed by atoms with Crippen LogP contribution in [0.3, 0.4) is 0 Å². The van der Waals surface area contributed by atoms with Crippen LogP contribution in [0.1, 0.15) is 39.9 Å². The van der Waals surface area contributed by atoms with E-state index in [1.165, 1.54) is 6.07 Å². The molecule has 0 radical (unpaired) electrons. The van der Waals surface area contributed by atoms with E-state index in [1.807, 2.05) is 60.7 Å². The molecule has 3 aromatic carbocycles. The summed E-state index contributed by atoms with van der Waals surface area (Å²) in [5.41, 5.74) is 2.75. The Kier molecular flexibility index (Phi) is 5.38. The molecule has 0 unspecified atom stereocenters. The summed E-state index contributed by atoms with van der Waals surface area (Å²) in [6.45, 7) is 0.628. The lowest BCUT2D eigenvalue weighted by atomic mass is 9.89. The summed E-state index contributed by atoms with van der Waals surface area (Å²) in [7, 11) is 0. The summed E-state index contributed by atoms with van der Waals surface area (Å²) in [5.74, 6) is 0.114. The zero-order valence-electron chi connectivity index (χ0n) is 15.5. The van der Waals surface area contributed by atoms with Crippen molar-refractivity contribution in [1.82, 2.24) is 0 Å². The zero-order valence-corrected chi connectivity index (χ0v) is 15.5. The summed E-state index contributed by atoms with van der Waals surface area (Å²) >= 11 is 0. The SMILES string of the molecule is O=C1CCCc2c(OCc3ccccc3)c(OCc3ccccc3)cc(F)c21. The van der Waals surface area contributed by atoms with E-state index < -0.39 is 5.82 Å². The highest BCUT2D eigenvalue weighted by atomic mass is 19.1. The van der Waals surface area contributed by atoms with E-state index in [0.717, 1.165) is 11.1 Å². The number of ether oxygens (including phenoxy) is 2. The van der Waals surface area contributed by atoms with Gasteiger partial charge in [0.15, 0.2) is 17.3 Å². The first-order chi connectivity index (χ1) is 13.7. The second-order valence-corrected chi connectivity index (χ2v) is 6.86. The van der Waals surface area contributed by atoms with E-state index in [9.17, 15) is 9.18 Å². The monoisotopic (exact) mass is 376 g/mol. The number of carbonyl (C=O) groups excluding carboxylic acids is 1. The second kappa shape index (κ2) is 8.26. The minimum absolute atomic E-state index is 0.154. The molecule has 0 spiro atoms. The van der Waals surface area contributed by atoms with Gasteiger partial charge in [0, 0.05) is 18.1 Å². The third-order valence-corrected chi connectivity index (χ3v) is 4.87. The summed E-state index contributed by atoms with van der Waals surface area (Å²) in [6.07, 6.45) is 1.66. The molecular formula is C24H21FO3. The van der Waals surface area contributed by atoms with Crippen LogP contribution in [-0.4, -0.2) is 5.78 Å². The molecule has 0 aromatic heterocycles. The fourth-order valence-electron chi connectivity index (χ4n) is 3.48. The van der Waals surface area contributed by atoms with E-state index in [1.54, 1.807) is 0 Å². The molecular weight excluding hydrogens is 355 g/mol. The second-order valence-electron chi connectivity index (χ2n) is 6.86. The molecule has 0 atom stereocenters. The molecule has 4 rings (SSSR count). The van der Waals surface area contributed by atoms with E-state index in [-0.39, 0.29) is 11.3 Å². The molecule has 0 heterocycles. The number of fused-ring (bicyclic) bond motifs is 1. The lowest BCUT2D eigenvalue weighted by Crippen LogP contribution is -2.16. The maximum absolute atomic E-state index is 14.7. The summed E-state index contributed by atoms with van der Waals surface area (Å²) in [6, 6.07) is 20.7. The first kappa shape index (κ1) is 18.2. The molecule has 1 aliphatic carbocycles. The van der Waals surface area contributed by atoms with Gasteiger partial charge in [-0.05, 0) is 24.0 Å². The van der Waals surface area contributed by atoms with E-state index in [2.05, 4.69) is 0 Å². The van der Waals surface area contributed by atoms with E-state index in [4.69, 9.17) is 9.47 Å². The summed E-state index contributed by atoms with van der Waals surface area (Å²) in [4.78, 5) is 12.3. The third-order valence-electron chi connectivity index (χ3n) is 4.87. The van der Waals surface area contributed by atoms with Crippen molar-refractivity contribution in [2.75, 3.05) is 0 Å². The van der Waals surface area contributed by atoms with Gasteiger partial charge in [-0.15, -0.1) is 0 Å². The maximum atomic E-state index is 14.7.